The van der Waals surface area contributed by atoms with E-state index in [0.29, 0.717) is 40.3 Å². The van der Waals surface area contributed by atoms with Crippen LogP contribution >= 0.6 is 0 Å². The van der Waals surface area contributed by atoms with E-state index in [9.17, 15) is 52.7 Å². The first-order chi connectivity index (χ1) is 25.8. The quantitative estimate of drug-likeness (QED) is 0.124. The fourth-order valence-electron chi connectivity index (χ4n) is 7.65. The van der Waals surface area contributed by atoms with Gasteiger partial charge in [0.25, 0.3) is 0 Å². The van der Waals surface area contributed by atoms with E-state index in [2.05, 4.69) is 0 Å². The normalized spacial score (nSPS) is 14.5. The summed E-state index contributed by atoms with van der Waals surface area (Å²) < 4.78 is 172. The van der Waals surface area contributed by atoms with Gasteiger partial charge < -0.3 is 0 Å². The molecule has 0 fully saturated rings. The molecule has 0 radical (unpaired) electrons. The van der Waals surface area contributed by atoms with Crippen LogP contribution in [0.4, 0.5) is 52.7 Å². The molecule has 0 aromatic heterocycles. The lowest BCUT2D eigenvalue weighted by Crippen LogP contribution is -2.22. The molecule has 0 amide bonds. The summed E-state index contributed by atoms with van der Waals surface area (Å²) in [5.74, 6) is -0.753. The number of benzene rings is 6. The van der Waals surface area contributed by atoms with Crippen LogP contribution in [-0.2, 0) is 24.7 Å². The molecule has 0 bridgehead atoms. The highest BCUT2D eigenvalue weighted by Crippen LogP contribution is 2.43. The largest absolute Gasteiger partial charge is 0.416 e. The van der Waals surface area contributed by atoms with E-state index in [0.717, 1.165) is 27.5 Å². The zero-order valence-corrected chi connectivity index (χ0v) is 27.7. The number of halogens is 12. The van der Waals surface area contributed by atoms with Crippen molar-refractivity contribution in [2.75, 3.05) is 0 Å². The summed E-state index contributed by atoms with van der Waals surface area (Å²) in [7, 11) is 0. The number of hydrogen-bond acceptors (Lipinski definition) is 0. The van der Waals surface area contributed by atoms with E-state index in [1.807, 2.05) is 48.5 Å². The van der Waals surface area contributed by atoms with E-state index in [1.165, 1.54) is 6.07 Å². The van der Waals surface area contributed by atoms with E-state index in [-0.39, 0.29) is 22.9 Å². The zero-order valence-electron chi connectivity index (χ0n) is 27.7. The molecule has 0 unspecified atom stereocenters. The molecular formula is C43H22F12. The second-order valence-corrected chi connectivity index (χ2v) is 13.3. The van der Waals surface area contributed by atoms with E-state index in [1.54, 1.807) is 36.4 Å². The summed E-state index contributed by atoms with van der Waals surface area (Å²) in [6.45, 7) is 0. The molecule has 2 aliphatic carbocycles. The minimum atomic E-state index is -5.38. The summed E-state index contributed by atoms with van der Waals surface area (Å²) >= 11 is 0. The number of hydrogen-bond donors (Lipinski definition) is 0. The molecule has 0 nitrogen and oxygen atoms in total. The fraction of sp³-hybridized carbons (Fsp3) is 0.116. The van der Waals surface area contributed by atoms with Crippen LogP contribution in [0.5, 0.6) is 0 Å². The van der Waals surface area contributed by atoms with Crippen molar-refractivity contribution in [1.82, 2.24) is 0 Å². The molecule has 0 spiro atoms. The van der Waals surface area contributed by atoms with Crippen LogP contribution in [0.3, 0.4) is 0 Å². The Labute approximate surface area is 303 Å². The highest BCUT2D eigenvalue weighted by atomic mass is 19.4. The van der Waals surface area contributed by atoms with Crippen molar-refractivity contribution in [2.45, 2.75) is 30.6 Å². The van der Waals surface area contributed by atoms with Crippen molar-refractivity contribution in [2.24, 2.45) is 0 Å². The third-order valence-corrected chi connectivity index (χ3v) is 9.90. The van der Waals surface area contributed by atoms with Gasteiger partial charge in [-0.3, -0.25) is 0 Å². The predicted octanol–water partition coefficient (Wildman–Crippen LogP) is 12.3. The lowest BCUT2D eigenvalue weighted by Gasteiger charge is -2.22. The Kier molecular flexibility index (Phi) is 8.15. The smallest absolute Gasteiger partial charge is 0.166 e. The number of allylic oxidation sites excluding steroid dienone is 4. The SMILES string of the molecule is FC(F)(F)c1cc(C(c2cc(C(F)(F)F)cc(C(F)(F)F)c2)=c2ccc3c(c2C2C=CC=C2)c2c(c4ccccc43)-c3ccccc3C=2)cc(C(F)(F)F)c1. The van der Waals surface area contributed by atoms with Gasteiger partial charge in [0, 0.05) is 5.92 Å². The second-order valence-electron chi connectivity index (χ2n) is 13.3. The minimum absolute atomic E-state index is 0.149. The summed E-state index contributed by atoms with van der Waals surface area (Å²) in [6, 6.07) is 18.6. The maximum atomic E-state index is 14.3. The lowest BCUT2D eigenvalue weighted by molar-refractivity contribution is -0.144. The van der Waals surface area contributed by atoms with Crippen LogP contribution in [0.1, 0.15) is 50.4 Å². The van der Waals surface area contributed by atoms with Gasteiger partial charge in [0.15, 0.2) is 0 Å². The van der Waals surface area contributed by atoms with Gasteiger partial charge in [-0.1, -0.05) is 85.0 Å². The predicted molar refractivity (Wildman–Crippen MR) is 185 cm³/mol. The average molecular weight is 767 g/mol. The molecule has 278 valence electrons. The van der Waals surface area contributed by atoms with Gasteiger partial charge in [-0.25, -0.2) is 0 Å². The standard InChI is InChI=1S/C43H22F12/c44-40(45,46)26-15-24(16-27(20-26)41(47,48)49)36(25-17-28(42(50,51)52)21-29(18-25)43(53,54)55)34-14-13-33-31-11-5-6-12-32(31)38-30-10-4-3-9-23(30)19-35(38)39(33)37(34)22-7-1-2-8-22/h1-22H. The first kappa shape index (κ1) is 36.2. The summed E-state index contributed by atoms with van der Waals surface area (Å²) in [5.41, 5.74) is -6.97. The van der Waals surface area contributed by atoms with E-state index < -0.39 is 69.6 Å². The molecule has 0 saturated carbocycles. The third-order valence-electron chi connectivity index (χ3n) is 9.90. The van der Waals surface area contributed by atoms with E-state index in [4.69, 9.17) is 0 Å². The summed E-state index contributed by atoms with van der Waals surface area (Å²) in [6.07, 6.45) is -13.0. The zero-order chi connectivity index (χ0) is 39.2. The summed E-state index contributed by atoms with van der Waals surface area (Å²) in [5, 5.41) is 3.10. The summed E-state index contributed by atoms with van der Waals surface area (Å²) in [4.78, 5) is 0. The molecule has 0 atom stereocenters. The first-order valence-electron chi connectivity index (χ1n) is 16.6. The number of alkyl halides is 12. The first-order valence-corrected chi connectivity index (χ1v) is 16.6. The van der Waals surface area contributed by atoms with Gasteiger partial charge in [-0.15, -0.1) is 0 Å². The molecule has 8 rings (SSSR count). The molecule has 0 N–H and O–H groups in total. The van der Waals surface area contributed by atoms with Crippen molar-refractivity contribution < 1.29 is 52.7 Å². The Morgan fingerprint density at radius 1 is 0.473 bits per heavy atom. The maximum absolute atomic E-state index is 14.3. The Bertz CT molecular complexity index is 2600. The highest BCUT2D eigenvalue weighted by Gasteiger charge is 2.40. The molecule has 0 heterocycles. The molecule has 0 aliphatic heterocycles. The maximum Gasteiger partial charge on any atom is 0.416 e. The lowest BCUT2D eigenvalue weighted by atomic mass is 9.83. The van der Waals surface area contributed by atoms with Gasteiger partial charge in [0.05, 0.1) is 22.3 Å². The molecule has 12 heteroatoms. The van der Waals surface area contributed by atoms with Gasteiger partial charge in [0.1, 0.15) is 0 Å². The van der Waals surface area contributed by atoms with Crippen LogP contribution < -0.4 is 10.4 Å². The molecule has 6 aromatic carbocycles. The Morgan fingerprint density at radius 2 is 0.945 bits per heavy atom. The molecule has 0 saturated heterocycles. The minimum Gasteiger partial charge on any atom is -0.166 e. The molecule has 2 aliphatic rings. The van der Waals surface area contributed by atoms with Crippen molar-refractivity contribution in [3.63, 3.8) is 0 Å². The Hall–Kier alpha value is -5.78. The van der Waals surface area contributed by atoms with Gasteiger partial charge in [-0.2, -0.15) is 52.7 Å². The van der Waals surface area contributed by atoms with Crippen LogP contribution in [0, 0.1) is 0 Å². The van der Waals surface area contributed by atoms with Crippen molar-refractivity contribution in [3.8, 4) is 11.1 Å². The highest BCUT2D eigenvalue weighted by molar-refractivity contribution is 6.17. The van der Waals surface area contributed by atoms with Crippen LogP contribution in [0.25, 0.3) is 44.3 Å². The van der Waals surface area contributed by atoms with Gasteiger partial charge in [-0.05, 0) is 113 Å². The third kappa shape index (κ3) is 6.27. The fourth-order valence-corrected chi connectivity index (χ4v) is 7.65. The number of rotatable bonds is 3. The Morgan fingerprint density at radius 3 is 1.45 bits per heavy atom. The second kappa shape index (κ2) is 12.4. The Balaban J connectivity index is 1.66. The van der Waals surface area contributed by atoms with Gasteiger partial charge >= 0.3 is 24.7 Å². The van der Waals surface area contributed by atoms with Crippen molar-refractivity contribution in [3.05, 3.63) is 176 Å². The molecular weight excluding hydrogens is 744 g/mol. The molecule has 6 aromatic rings. The number of fused-ring (bicyclic) bond motifs is 8. The van der Waals surface area contributed by atoms with Crippen molar-refractivity contribution in [1.29, 1.82) is 0 Å². The van der Waals surface area contributed by atoms with E-state index >= 15 is 0 Å². The topological polar surface area (TPSA) is 0 Å². The van der Waals surface area contributed by atoms with Crippen LogP contribution in [0.15, 0.2) is 121 Å². The van der Waals surface area contributed by atoms with Gasteiger partial charge in [0.2, 0.25) is 0 Å². The van der Waals surface area contributed by atoms with Crippen LogP contribution in [-0.4, -0.2) is 0 Å². The van der Waals surface area contributed by atoms with Crippen LogP contribution in [0.2, 0.25) is 0 Å². The molecule has 55 heavy (non-hydrogen) atoms. The van der Waals surface area contributed by atoms with Crippen molar-refractivity contribution >= 4 is 33.2 Å². The monoisotopic (exact) mass is 766 g/mol. The average Bonchev–Trinajstić information content (AvgIpc) is 3.79.